The van der Waals surface area contributed by atoms with Crippen LogP contribution < -0.4 is 10.2 Å². The summed E-state index contributed by atoms with van der Waals surface area (Å²) in [5.41, 5.74) is 3.66. The molecule has 8 heteroatoms. The minimum absolute atomic E-state index is 0.154. The maximum atomic E-state index is 12.6. The number of hydrogen-bond acceptors (Lipinski definition) is 6. The van der Waals surface area contributed by atoms with Gasteiger partial charge in [-0.1, -0.05) is 46.3 Å². The molecule has 32 heavy (non-hydrogen) atoms. The Labute approximate surface area is 192 Å². The van der Waals surface area contributed by atoms with Gasteiger partial charge in [0.25, 0.3) is 0 Å². The van der Waals surface area contributed by atoms with Crippen LogP contribution in [0.2, 0.25) is 0 Å². The zero-order valence-corrected chi connectivity index (χ0v) is 18.7. The van der Waals surface area contributed by atoms with E-state index < -0.39 is 11.9 Å². The number of amides is 1. The lowest BCUT2D eigenvalue weighted by Crippen LogP contribution is -2.17. The van der Waals surface area contributed by atoms with Crippen LogP contribution in [0.15, 0.2) is 74.7 Å². The summed E-state index contributed by atoms with van der Waals surface area (Å²) in [5, 5.41) is 6.95. The number of fused-ring (bicyclic) bond motifs is 3. The molecule has 0 aliphatic heterocycles. The van der Waals surface area contributed by atoms with Gasteiger partial charge >= 0.3 is 11.9 Å². The Morgan fingerprint density at radius 1 is 1.09 bits per heavy atom. The van der Waals surface area contributed by atoms with Crippen molar-refractivity contribution < 1.29 is 23.5 Å². The van der Waals surface area contributed by atoms with E-state index >= 15 is 0 Å². The summed E-state index contributed by atoms with van der Waals surface area (Å²) in [7, 11) is 0. The largest absolute Gasteiger partial charge is 0.481 e. The number of nitrogens with one attached hydrogen (secondary N) is 1. The highest BCUT2D eigenvalue weighted by Gasteiger charge is 2.14. The highest BCUT2D eigenvalue weighted by Crippen LogP contribution is 2.28. The second-order valence-electron chi connectivity index (χ2n) is 6.78. The van der Waals surface area contributed by atoms with E-state index in [0.717, 1.165) is 20.6 Å². The topological polar surface area (TPSA) is 90.1 Å². The minimum atomic E-state index is -0.481. The molecular formula is C24H19BrN2O5. The van der Waals surface area contributed by atoms with Crippen molar-refractivity contribution in [2.45, 2.75) is 6.92 Å². The average molecular weight is 495 g/mol. The first-order valence-corrected chi connectivity index (χ1v) is 10.7. The lowest BCUT2D eigenvalue weighted by molar-refractivity contribution is -0.145. The molecule has 0 aliphatic carbocycles. The number of hydrogen-bond donors (Lipinski definition) is 1. The smallest absolute Gasteiger partial charge is 0.344 e. The van der Waals surface area contributed by atoms with E-state index in [9.17, 15) is 9.59 Å². The Kier molecular flexibility index (Phi) is 6.51. The zero-order chi connectivity index (χ0) is 22.5. The molecular weight excluding hydrogens is 476 g/mol. The van der Waals surface area contributed by atoms with Gasteiger partial charge in [0.15, 0.2) is 12.4 Å². The standard InChI is InChI=1S/C24H19BrN2O5/c1-2-30-23(28)14-31-20-10-8-17(25)11-16(20)13-26-27-24(29)22-12-19-18-6-4-3-5-15(18)7-9-21(19)32-22/h3-13H,2,14H2,1H3,(H,27,29)/b26-13-. The minimum Gasteiger partial charge on any atom is -0.481 e. The maximum absolute atomic E-state index is 12.6. The summed E-state index contributed by atoms with van der Waals surface area (Å²) >= 11 is 3.39. The molecule has 0 aliphatic rings. The van der Waals surface area contributed by atoms with E-state index in [1.165, 1.54) is 6.21 Å². The summed E-state index contributed by atoms with van der Waals surface area (Å²) in [5.74, 6) is -0.370. The SMILES string of the molecule is CCOC(=O)COc1ccc(Br)cc1/C=N\NC(=O)c1cc2c(ccc3ccccc32)o1. The number of carbonyl (C=O) groups is 2. The van der Waals surface area contributed by atoms with Crippen molar-refractivity contribution in [2.24, 2.45) is 5.10 Å². The predicted molar refractivity (Wildman–Crippen MR) is 125 cm³/mol. The van der Waals surface area contributed by atoms with Crippen molar-refractivity contribution >= 4 is 55.8 Å². The van der Waals surface area contributed by atoms with Gasteiger partial charge in [0, 0.05) is 15.4 Å². The van der Waals surface area contributed by atoms with E-state index in [0.29, 0.717) is 16.9 Å². The molecule has 3 aromatic carbocycles. The van der Waals surface area contributed by atoms with Crippen LogP contribution in [0.25, 0.3) is 21.7 Å². The fourth-order valence-corrected chi connectivity index (χ4v) is 3.59. The predicted octanol–water partition coefficient (Wildman–Crippen LogP) is 5.05. The van der Waals surface area contributed by atoms with Crippen LogP contribution in [0.1, 0.15) is 23.0 Å². The van der Waals surface area contributed by atoms with Gasteiger partial charge in [-0.3, -0.25) is 4.79 Å². The van der Waals surface area contributed by atoms with Gasteiger partial charge < -0.3 is 13.9 Å². The molecule has 1 heterocycles. The Morgan fingerprint density at radius 3 is 2.78 bits per heavy atom. The third-order valence-electron chi connectivity index (χ3n) is 4.64. The molecule has 0 spiro atoms. The summed E-state index contributed by atoms with van der Waals surface area (Å²) in [6, 6.07) is 18.6. The van der Waals surface area contributed by atoms with Crippen molar-refractivity contribution in [3.05, 3.63) is 76.5 Å². The van der Waals surface area contributed by atoms with Crippen LogP contribution >= 0.6 is 15.9 Å². The van der Waals surface area contributed by atoms with E-state index in [2.05, 4.69) is 26.5 Å². The maximum Gasteiger partial charge on any atom is 0.344 e. The highest BCUT2D eigenvalue weighted by atomic mass is 79.9. The Morgan fingerprint density at radius 2 is 1.94 bits per heavy atom. The van der Waals surface area contributed by atoms with Crippen molar-refractivity contribution in [1.82, 2.24) is 5.43 Å². The summed E-state index contributed by atoms with van der Waals surface area (Å²) in [6.07, 6.45) is 1.43. The summed E-state index contributed by atoms with van der Waals surface area (Å²) in [4.78, 5) is 24.1. The van der Waals surface area contributed by atoms with Crippen LogP contribution in [-0.4, -0.2) is 31.3 Å². The number of rotatable bonds is 7. The number of esters is 1. The summed E-state index contributed by atoms with van der Waals surface area (Å²) < 4.78 is 16.9. The van der Waals surface area contributed by atoms with E-state index in [1.807, 2.05) is 36.4 Å². The van der Waals surface area contributed by atoms with Gasteiger partial charge in [-0.2, -0.15) is 5.10 Å². The molecule has 0 radical (unpaired) electrons. The molecule has 7 nitrogen and oxygen atoms in total. The van der Waals surface area contributed by atoms with Crippen molar-refractivity contribution in [3.8, 4) is 5.75 Å². The van der Waals surface area contributed by atoms with Crippen LogP contribution in [0.5, 0.6) is 5.75 Å². The molecule has 0 bridgehead atoms. The van der Waals surface area contributed by atoms with Gasteiger partial charge in [-0.25, -0.2) is 10.2 Å². The molecule has 1 N–H and O–H groups in total. The number of ether oxygens (including phenoxy) is 2. The van der Waals surface area contributed by atoms with Crippen LogP contribution in [0.3, 0.4) is 0 Å². The van der Waals surface area contributed by atoms with Gasteiger partial charge in [0.2, 0.25) is 0 Å². The van der Waals surface area contributed by atoms with Gasteiger partial charge in [0.1, 0.15) is 11.3 Å². The molecule has 4 aromatic rings. The number of benzene rings is 3. The Hall–Kier alpha value is -3.65. The first-order valence-electron chi connectivity index (χ1n) is 9.88. The number of nitrogens with zero attached hydrogens (tertiary/aromatic N) is 1. The highest BCUT2D eigenvalue weighted by molar-refractivity contribution is 9.10. The normalized spacial score (nSPS) is 11.2. The Bertz CT molecular complexity index is 1330. The fraction of sp³-hybridized carbons (Fsp3) is 0.125. The second-order valence-corrected chi connectivity index (χ2v) is 7.70. The molecule has 1 aromatic heterocycles. The molecule has 1 amide bonds. The quantitative estimate of drug-likeness (QED) is 0.220. The fourth-order valence-electron chi connectivity index (χ4n) is 3.21. The third-order valence-corrected chi connectivity index (χ3v) is 5.14. The third kappa shape index (κ3) is 4.81. The lowest BCUT2D eigenvalue weighted by Gasteiger charge is -2.09. The second kappa shape index (κ2) is 9.65. The van der Waals surface area contributed by atoms with Gasteiger partial charge in [-0.05, 0) is 48.0 Å². The van der Waals surface area contributed by atoms with Gasteiger partial charge in [-0.15, -0.1) is 0 Å². The number of hydrazone groups is 1. The lowest BCUT2D eigenvalue weighted by atomic mass is 10.1. The molecule has 0 saturated heterocycles. The van der Waals surface area contributed by atoms with Crippen LogP contribution in [0, 0.1) is 0 Å². The van der Waals surface area contributed by atoms with Crippen molar-refractivity contribution in [1.29, 1.82) is 0 Å². The van der Waals surface area contributed by atoms with E-state index in [-0.39, 0.29) is 19.0 Å². The summed E-state index contributed by atoms with van der Waals surface area (Å²) in [6.45, 7) is 1.78. The van der Waals surface area contributed by atoms with E-state index in [4.69, 9.17) is 13.9 Å². The first-order chi connectivity index (χ1) is 15.5. The van der Waals surface area contributed by atoms with E-state index in [1.54, 1.807) is 31.2 Å². The van der Waals surface area contributed by atoms with Crippen molar-refractivity contribution in [2.75, 3.05) is 13.2 Å². The molecule has 4 rings (SSSR count). The van der Waals surface area contributed by atoms with Gasteiger partial charge in [0.05, 0.1) is 12.8 Å². The average Bonchev–Trinajstić information content (AvgIpc) is 3.24. The monoisotopic (exact) mass is 494 g/mol. The first kappa shape index (κ1) is 21.6. The molecule has 0 saturated carbocycles. The van der Waals surface area contributed by atoms with Crippen molar-refractivity contribution in [3.63, 3.8) is 0 Å². The number of furan rings is 1. The molecule has 0 atom stereocenters. The van der Waals surface area contributed by atoms with Crippen LogP contribution in [0.4, 0.5) is 0 Å². The number of halogens is 1. The zero-order valence-electron chi connectivity index (χ0n) is 17.1. The van der Waals surface area contributed by atoms with Crippen LogP contribution in [-0.2, 0) is 9.53 Å². The molecule has 162 valence electrons. The Balaban J connectivity index is 1.49. The molecule has 0 fully saturated rings. The number of carbonyl (C=O) groups excluding carboxylic acids is 2. The molecule has 0 unspecified atom stereocenters.